The standard InChI is InChI=1S/C22H22ClN3O2/c23-19-17(13-24-20-18(19)22(14-25-20)7-1-2-8-22)15-3-5-16(6-4-15)21(27)26-9-11-28-12-10-26/h1-6,13H,7-12,14H2,(H,24,25). The van der Waals surface area contributed by atoms with Gasteiger partial charge in [-0.25, -0.2) is 4.98 Å². The van der Waals surface area contributed by atoms with Crippen LogP contribution in [-0.4, -0.2) is 48.6 Å². The molecule has 0 bridgehead atoms. The van der Waals surface area contributed by atoms with Crippen molar-refractivity contribution >= 4 is 23.3 Å². The monoisotopic (exact) mass is 395 g/mol. The lowest BCUT2D eigenvalue weighted by Crippen LogP contribution is -2.40. The number of fused-ring (bicyclic) bond motifs is 2. The molecule has 0 unspecified atom stereocenters. The Labute approximate surface area is 169 Å². The SMILES string of the molecule is O=C(c1ccc(-c2cnc3c(c2Cl)C2(CC=CC2)CN3)cc1)N1CCOCC1. The summed E-state index contributed by atoms with van der Waals surface area (Å²) in [6.45, 7) is 3.36. The maximum atomic E-state index is 12.7. The number of anilines is 1. The minimum absolute atomic E-state index is 0.0294. The molecule has 28 heavy (non-hydrogen) atoms. The molecular weight excluding hydrogens is 374 g/mol. The molecule has 0 saturated carbocycles. The highest BCUT2D eigenvalue weighted by Gasteiger charge is 2.42. The first kappa shape index (κ1) is 17.7. The van der Waals surface area contributed by atoms with Crippen LogP contribution in [0.1, 0.15) is 28.8 Å². The number of halogens is 1. The fourth-order valence-corrected chi connectivity index (χ4v) is 4.89. The van der Waals surface area contributed by atoms with E-state index in [0.29, 0.717) is 31.9 Å². The van der Waals surface area contributed by atoms with Gasteiger partial charge in [0.25, 0.3) is 5.91 Å². The van der Waals surface area contributed by atoms with Crippen molar-refractivity contribution in [2.24, 2.45) is 0 Å². The Hall–Kier alpha value is -2.37. The number of carbonyl (C=O) groups is 1. The number of pyridine rings is 1. The molecule has 2 aromatic rings. The van der Waals surface area contributed by atoms with Gasteiger partial charge in [0.2, 0.25) is 0 Å². The molecule has 5 rings (SSSR count). The molecule has 144 valence electrons. The molecule has 1 fully saturated rings. The average Bonchev–Trinajstić information content (AvgIpc) is 3.37. The fourth-order valence-electron chi connectivity index (χ4n) is 4.44. The number of nitrogens with zero attached hydrogens (tertiary/aromatic N) is 2. The number of aromatic nitrogens is 1. The smallest absolute Gasteiger partial charge is 0.254 e. The summed E-state index contributed by atoms with van der Waals surface area (Å²) in [5.74, 6) is 0.949. The van der Waals surface area contributed by atoms with Gasteiger partial charge in [0, 0.05) is 47.9 Å². The van der Waals surface area contributed by atoms with Gasteiger partial charge in [-0.05, 0) is 30.5 Å². The topological polar surface area (TPSA) is 54.5 Å². The number of nitrogens with one attached hydrogen (secondary N) is 1. The maximum absolute atomic E-state index is 12.7. The molecule has 0 radical (unpaired) electrons. The van der Waals surface area contributed by atoms with Crippen LogP contribution in [0.3, 0.4) is 0 Å². The molecule has 6 heteroatoms. The van der Waals surface area contributed by atoms with Crippen LogP contribution in [0.25, 0.3) is 11.1 Å². The molecule has 1 saturated heterocycles. The second-order valence-electron chi connectivity index (χ2n) is 7.70. The highest BCUT2D eigenvalue weighted by Crippen LogP contribution is 2.49. The third-order valence-electron chi connectivity index (χ3n) is 6.07. The quantitative estimate of drug-likeness (QED) is 0.784. The molecule has 1 N–H and O–H groups in total. The van der Waals surface area contributed by atoms with Crippen LogP contribution >= 0.6 is 11.6 Å². The highest BCUT2D eigenvalue weighted by molar-refractivity contribution is 6.34. The Morgan fingerprint density at radius 3 is 2.57 bits per heavy atom. The number of benzene rings is 1. The molecule has 1 amide bonds. The Morgan fingerprint density at radius 2 is 1.86 bits per heavy atom. The zero-order chi connectivity index (χ0) is 19.1. The molecular formula is C22H22ClN3O2. The summed E-state index contributed by atoms with van der Waals surface area (Å²) in [5.41, 5.74) is 3.74. The first-order chi connectivity index (χ1) is 13.7. The van der Waals surface area contributed by atoms with Crippen molar-refractivity contribution in [2.75, 3.05) is 38.2 Å². The number of ether oxygens (including phenoxy) is 1. The number of rotatable bonds is 2. The molecule has 3 aliphatic rings. The largest absolute Gasteiger partial charge is 0.378 e. The average molecular weight is 396 g/mol. The van der Waals surface area contributed by atoms with Gasteiger partial charge < -0.3 is 15.0 Å². The van der Waals surface area contributed by atoms with E-state index in [9.17, 15) is 4.79 Å². The molecule has 5 nitrogen and oxygen atoms in total. The Bertz CT molecular complexity index is 941. The van der Waals surface area contributed by atoms with E-state index in [2.05, 4.69) is 22.5 Å². The molecule has 2 aliphatic heterocycles. The van der Waals surface area contributed by atoms with Crippen molar-refractivity contribution in [2.45, 2.75) is 18.3 Å². The lowest BCUT2D eigenvalue weighted by Gasteiger charge is -2.27. The van der Waals surface area contributed by atoms with Gasteiger partial charge in [0.05, 0.1) is 18.2 Å². The summed E-state index contributed by atoms with van der Waals surface area (Å²) in [5, 5.41) is 4.19. The van der Waals surface area contributed by atoms with Crippen LogP contribution in [-0.2, 0) is 10.2 Å². The summed E-state index contributed by atoms with van der Waals surface area (Å²) in [6, 6.07) is 7.68. The molecule has 0 atom stereocenters. The zero-order valence-electron chi connectivity index (χ0n) is 15.6. The third kappa shape index (κ3) is 2.81. The normalized spacial score (nSPS) is 19.7. The van der Waals surface area contributed by atoms with E-state index >= 15 is 0 Å². The minimum Gasteiger partial charge on any atom is -0.378 e. The molecule has 1 aromatic heterocycles. The van der Waals surface area contributed by atoms with Gasteiger partial charge in [0.15, 0.2) is 0 Å². The van der Waals surface area contributed by atoms with Crippen LogP contribution in [0, 0.1) is 0 Å². The lowest BCUT2D eigenvalue weighted by molar-refractivity contribution is 0.0303. The number of morpholine rings is 1. The van der Waals surface area contributed by atoms with E-state index in [4.69, 9.17) is 16.3 Å². The molecule has 1 aromatic carbocycles. The first-order valence-corrected chi connectivity index (χ1v) is 10.1. The van der Waals surface area contributed by atoms with Crippen molar-refractivity contribution in [3.05, 3.63) is 58.8 Å². The Balaban J connectivity index is 1.45. The third-order valence-corrected chi connectivity index (χ3v) is 6.46. The van der Waals surface area contributed by atoms with Crippen LogP contribution in [0.4, 0.5) is 5.82 Å². The lowest BCUT2D eigenvalue weighted by atomic mass is 9.80. The van der Waals surface area contributed by atoms with Gasteiger partial charge in [-0.15, -0.1) is 0 Å². The van der Waals surface area contributed by atoms with Gasteiger partial charge in [0.1, 0.15) is 5.82 Å². The van der Waals surface area contributed by atoms with Gasteiger partial charge in [-0.2, -0.15) is 0 Å². The molecule has 1 spiro atoms. The van der Waals surface area contributed by atoms with E-state index < -0.39 is 0 Å². The van der Waals surface area contributed by atoms with Gasteiger partial charge in [-0.3, -0.25) is 4.79 Å². The summed E-state index contributed by atoms with van der Waals surface area (Å²) in [4.78, 5) is 19.1. The maximum Gasteiger partial charge on any atom is 0.254 e. The highest BCUT2D eigenvalue weighted by atomic mass is 35.5. The van der Waals surface area contributed by atoms with E-state index in [1.54, 1.807) is 0 Å². The van der Waals surface area contributed by atoms with Crippen LogP contribution in [0.2, 0.25) is 5.02 Å². The summed E-state index contributed by atoms with van der Waals surface area (Å²) in [6.07, 6.45) is 8.27. The van der Waals surface area contributed by atoms with Crippen molar-refractivity contribution in [1.29, 1.82) is 0 Å². The van der Waals surface area contributed by atoms with Crippen molar-refractivity contribution < 1.29 is 9.53 Å². The van der Waals surface area contributed by atoms with Gasteiger partial charge in [-0.1, -0.05) is 35.9 Å². The fraction of sp³-hybridized carbons (Fsp3) is 0.364. The molecule has 3 heterocycles. The summed E-state index contributed by atoms with van der Waals surface area (Å²) >= 11 is 6.89. The summed E-state index contributed by atoms with van der Waals surface area (Å²) in [7, 11) is 0. The van der Waals surface area contributed by atoms with E-state index in [0.717, 1.165) is 46.9 Å². The zero-order valence-corrected chi connectivity index (χ0v) is 16.3. The number of amides is 1. The predicted octanol–water partition coefficient (Wildman–Crippen LogP) is 3.89. The van der Waals surface area contributed by atoms with Crippen molar-refractivity contribution in [1.82, 2.24) is 9.88 Å². The number of allylic oxidation sites excluding steroid dienone is 2. The number of carbonyl (C=O) groups excluding carboxylic acids is 1. The number of hydrogen-bond donors (Lipinski definition) is 1. The van der Waals surface area contributed by atoms with Crippen molar-refractivity contribution in [3.8, 4) is 11.1 Å². The molecule has 1 aliphatic carbocycles. The second kappa shape index (κ2) is 6.90. The Morgan fingerprint density at radius 1 is 1.14 bits per heavy atom. The first-order valence-electron chi connectivity index (χ1n) is 9.73. The van der Waals surface area contributed by atoms with Crippen molar-refractivity contribution in [3.63, 3.8) is 0 Å². The van der Waals surface area contributed by atoms with Crippen LogP contribution < -0.4 is 5.32 Å². The van der Waals surface area contributed by atoms with Gasteiger partial charge >= 0.3 is 0 Å². The van der Waals surface area contributed by atoms with E-state index in [1.807, 2.05) is 35.4 Å². The number of hydrogen-bond acceptors (Lipinski definition) is 4. The van der Waals surface area contributed by atoms with Crippen LogP contribution in [0.5, 0.6) is 0 Å². The second-order valence-corrected chi connectivity index (χ2v) is 8.08. The van der Waals surface area contributed by atoms with E-state index in [1.165, 1.54) is 0 Å². The summed E-state index contributed by atoms with van der Waals surface area (Å²) < 4.78 is 5.33. The van der Waals surface area contributed by atoms with E-state index in [-0.39, 0.29) is 11.3 Å². The minimum atomic E-state index is 0.0294. The Kier molecular flexibility index (Phi) is 4.37. The van der Waals surface area contributed by atoms with Crippen LogP contribution in [0.15, 0.2) is 42.6 Å². The predicted molar refractivity (Wildman–Crippen MR) is 110 cm³/mol.